The van der Waals surface area contributed by atoms with Crippen molar-refractivity contribution in [3.63, 3.8) is 0 Å². The van der Waals surface area contributed by atoms with Crippen LogP contribution in [0.2, 0.25) is 5.02 Å². The molecular formula is C18H14ClN5. The molecule has 0 aliphatic carbocycles. The summed E-state index contributed by atoms with van der Waals surface area (Å²) in [5.74, 6) is 1.28. The summed E-state index contributed by atoms with van der Waals surface area (Å²) in [7, 11) is 0. The van der Waals surface area contributed by atoms with Gasteiger partial charge in [-0.15, -0.1) is 0 Å². The Hall–Kier alpha value is -2.92. The summed E-state index contributed by atoms with van der Waals surface area (Å²) >= 11 is 5.90. The van der Waals surface area contributed by atoms with E-state index in [2.05, 4.69) is 20.4 Å². The first-order valence-electron chi connectivity index (χ1n) is 7.54. The number of benzene rings is 2. The first-order valence-corrected chi connectivity index (χ1v) is 7.92. The predicted molar refractivity (Wildman–Crippen MR) is 95.4 cm³/mol. The van der Waals surface area contributed by atoms with Crippen LogP contribution in [0.25, 0.3) is 16.9 Å². The molecule has 4 aromatic rings. The summed E-state index contributed by atoms with van der Waals surface area (Å²) < 4.78 is 1.69. The van der Waals surface area contributed by atoms with Crippen LogP contribution in [0, 0.1) is 0 Å². The van der Waals surface area contributed by atoms with Crippen LogP contribution in [0.5, 0.6) is 0 Å². The fourth-order valence-electron chi connectivity index (χ4n) is 2.42. The van der Waals surface area contributed by atoms with Crippen molar-refractivity contribution in [3.8, 4) is 5.95 Å². The average Bonchev–Trinajstić information content (AvgIpc) is 3.06. The van der Waals surface area contributed by atoms with Gasteiger partial charge in [0.25, 0.3) is 5.95 Å². The van der Waals surface area contributed by atoms with Gasteiger partial charge in [-0.25, -0.2) is 9.67 Å². The molecule has 0 saturated heterocycles. The van der Waals surface area contributed by atoms with E-state index in [0.29, 0.717) is 12.5 Å². The molecule has 0 saturated carbocycles. The summed E-state index contributed by atoms with van der Waals surface area (Å²) in [4.78, 5) is 8.83. The SMILES string of the molecule is Clc1ccc(CNc2ccnc(-n3cc4ccccc4n3)n2)cc1. The smallest absolute Gasteiger partial charge is 0.252 e. The largest absolute Gasteiger partial charge is 0.366 e. The van der Waals surface area contributed by atoms with Crippen molar-refractivity contribution in [1.29, 1.82) is 0 Å². The summed E-state index contributed by atoms with van der Waals surface area (Å²) in [5, 5.41) is 9.58. The number of anilines is 1. The summed E-state index contributed by atoms with van der Waals surface area (Å²) in [5.41, 5.74) is 2.05. The highest BCUT2D eigenvalue weighted by molar-refractivity contribution is 6.30. The Morgan fingerprint density at radius 3 is 2.67 bits per heavy atom. The van der Waals surface area contributed by atoms with E-state index in [-0.39, 0.29) is 0 Å². The van der Waals surface area contributed by atoms with E-state index >= 15 is 0 Å². The lowest BCUT2D eigenvalue weighted by Gasteiger charge is -2.07. The van der Waals surface area contributed by atoms with Gasteiger partial charge in [-0.3, -0.25) is 0 Å². The maximum absolute atomic E-state index is 5.90. The van der Waals surface area contributed by atoms with E-state index in [1.54, 1.807) is 10.9 Å². The van der Waals surface area contributed by atoms with Crippen molar-refractivity contribution in [2.75, 3.05) is 5.32 Å². The third-order valence-corrected chi connectivity index (χ3v) is 3.90. The lowest BCUT2D eigenvalue weighted by atomic mass is 10.2. The Balaban J connectivity index is 1.55. The van der Waals surface area contributed by atoms with Crippen LogP contribution in [0.4, 0.5) is 5.82 Å². The fourth-order valence-corrected chi connectivity index (χ4v) is 2.55. The molecule has 118 valence electrons. The normalized spacial score (nSPS) is 10.9. The van der Waals surface area contributed by atoms with Gasteiger partial charge >= 0.3 is 0 Å². The summed E-state index contributed by atoms with van der Waals surface area (Å²) in [6, 6.07) is 17.5. The molecule has 0 amide bonds. The zero-order chi connectivity index (χ0) is 16.4. The second-order valence-electron chi connectivity index (χ2n) is 5.35. The first kappa shape index (κ1) is 14.7. The quantitative estimate of drug-likeness (QED) is 0.610. The van der Waals surface area contributed by atoms with Gasteiger partial charge in [0.1, 0.15) is 5.82 Å². The van der Waals surface area contributed by atoms with Crippen LogP contribution in [-0.2, 0) is 6.54 Å². The summed E-state index contributed by atoms with van der Waals surface area (Å²) in [6.07, 6.45) is 3.65. The van der Waals surface area contributed by atoms with Gasteiger partial charge in [-0.2, -0.15) is 10.1 Å². The number of nitrogens with zero attached hydrogens (tertiary/aromatic N) is 4. The van der Waals surface area contributed by atoms with Gasteiger partial charge in [-0.05, 0) is 29.8 Å². The minimum atomic E-state index is 0.535. The summed E-state index contributed by atoms with van der Waals surface area (Å²) in [6.45, 7) is 0.661. The monoisotopic (exact) mass is 335 g/mol. The van der Waals surface area contributed by atoms with Gasteiger partial charge in [-0.1, -0.05) is 41.9 Å². The van der Waals surface area contributed by atoms with Gasteiger partial charge in [0.05, 0.1) is 5.52 Å². The standard InChI is InChI=1S/C18H14ClN5/c19-15-7-5-13(6-8-15)11-21-17-9-10-20-18(22-17)24-12-14-3-1-2-4-16(14)23-24/h1-10,12H,11H2,(H,20,21,22). The second kappa shape index (κ2) is 6.29. The molecular weight excluding hydrogens is 322 g/mol. The number of aromatic nitrogens is 4. The van der Waals surface area contributed by atoms with Crippen molar-refractivity contribution in [3.05, 3.63) is 77.6 Å². The van der Waals surface area contributed by atoms with Gasteiger partial charge in [0.2, 0.25) is 0 Å². The van der Waals surface area contributed by atoms with Crippen molar-refractivity contribution < 1.29 is 0 Å². The third kappa shape index (κ3) is 3.07. The van der Waals surface area contributed by atoms with Crippen LogP contribution in [0.15, 0.2) is 67.0 Å². The molecule has 0 aliphatic rings. The maximum atomic E-state index is 5.90. The molecule has 0 unspecified atom stereocenters. The number of halogens is 1. The molecule has 4 rings (SSSR count). The van der Waals surface area contributed by atoms with Gasteiger partial charge in [0, 0.05) is 29.3 Å². The second-order valence-corrected chi connectivity index (χ2v) is 5.79. The van der Waals surface area contributed by atoms with Gasteiger partial charge in [0.15, 0.2) is 0 Å². The minimum Gasteiger partial charge on any atom is -0.366 e. The number of hydrogen-bond donors (Lipinski definition) is 1. The van der Waals surface area contributed by atoms with Crippen LogP contribution in [0.1, 0.15) is 5.56 Å². The molecule has 24 heavy (non-hydrogen) atoms. The number of fused-ring (bicyclic) bond motifs is 1. The number of hydrogen-bond acceptors (Lipinski definition) is 4. The van der Waals surface area contributed by atoms with Crippen molar-refractivity contribution in [2.45, 2.75) is 6.54 Å². The minimum absolute atomic E-state index is 0.535. The van der Waals surface area contributed by atoms with E-state index in [1.807, 2.05) is 60.8 Å². The van der Waals surface area contributed by atoms with E-state index in [9.17, 15) is 0 Å². The highest BCUT2D eigenvalue weighted by atomic mass is 35.5. The lowest BCUT2D eigenvalue weighted by Crippen LogP contribution is -2.06. The van der Waals surface area contributed by atoms with Crippen molar-refractivity contribution in [1.82, 2.24) is 19.7 Å². The zero-order valence-electron chi connectivity index (χ0n) is 12.7. The molecule has 0 atom stereocenters. The third-order valence-electron chi connectivity index (χ3n) is 3.65. The molecule has 6 heteroatoms. The Kier molecular flexibility index (Phi) is 3.84. The van der Waals surface area contributed by atoms with Crippen LogP contribution in [0.3, 0.4) is 0 Å². The molecule has 0 fully saturated rings. The Morgan fingerprint density at radius 1 is 1.00 bits per heavy atom. The van der Waals surface area contributed by atoms with E-state index in [1.165, 1.54) is 0 Å². The van der Waals surface area contributed by atoms with Crippen LogP contribution < -0.4 is 5.32 Å². The molecule has 2 aromatic heterocycles. The lowest BCUT2D eigenvalue weighted by molar-refractivity contribution is 0.818. The Morgan fingerprint density at radius 2 is 1.83 bits per heavy atom. The highest BCUT2D eigenvalue weighted by Gasteiger charge is 2.05. The average molecular weight is 336 g/mol. The van der Waals surface area contributed by atoms with Gasteiger partial charge < -0.3 is 5.32 Å². The first-order chi connectivity index (χ1) is 11.8. The molecule has 0 aliphatic heterocycles. The maximum Gasteiger partial charge on any atom is 0.252 e. The Bertz CT molecular complexity index is 945. The topological polar surface area (TPSA) is 55.6 Å². The number of rotatable bonds is 4. The van der Waals surface area contributed by atoms with Crippen molar-refractivity contribution in [2.24, 2.45) is 0 Å². The van der Waals surface area contributed by atoms with E-state index in [0.717, 1.165) is 27.3 Å². The Labute approximate surface area is 143 Å². The molecule has 0 radical (unpaired) electrons. The number of nitrogens with one attached hydrogen (secondary N) is 1. The van der Waals surface area contributed by atoms with Crippen LogP contribution >= 0.6 is 11.6 Å². The zero-order valence-corrected chi connectivity index (χ0v) is 13.5. The molecule has 5 nitrogen and oxygen atoms in total. The molecule has 2 heterocycles. The van der Waals surface area contributed by atoms with E-state index in [4.69, 9.17) is 11.6 Å². The van der Waals surface area contributed by atoms with E-state index < -0.39 is 0 Å². The predicted octanol–water partition coefficient (Wildman–Crippen LogP) is 4.08. The molecule has 0 bridgehead atoms. The molecule has 1 N–H and O–H groups in total. The molecule has 2 aromatic carbocycles. The van der Waals surface area contributed by atoms with Crippen molar-refractivity contribution >= 4 is 28.3 Å². The molecule has 0 spiro atoms. The van der Waals surface area contributed by atoms with Crippen LogP contribution in [-0.4, -0.2) is 19.7 Å². The fraction of sp³-hybridized carbons (Fsp3) is 0.0556. The highest BCUT2D eigenvalue weighted by Crippen LogP contribution is 2.15.